The van der Waals surface area contributed by atoms with E-state index in [1.165, 1.54) is 0 Å². The van der Waals surface area contributed by atoms with Crippen molar-refractivity contribution in [3.63, 3.8) is 0 Å². The molecule has 0 radical (unpaired) electrons. The van der Waals surface area contributed by atoms with Crippen LogP contribution in [0.4, 0.5) is 0 Å². The largest absolute Gasteiger partial charge is 0.361 e. The zero-order valence-electron chi connectivity index (χ0n) is 17.3. The van der Waals surface area contributed by atoms with E-state index in [-0.39, 0.29) is 24.8 Å². The standard InChI is InChI=1S/C22H26N4O4/c1-15-12-19(30-24-15)13-21(27)26-11-7-10-20(26)22(28)23-14-16(2)25-29-17(3)18-8-5-4-6-9-18/h4-6,8-9,12,20H,3,7,10-11,13-14H2,1-2H3,(H,23,28)/b25-16+. The Bertz CT molecular complexity index is 936. The molecule has 2 amide bonds. The predicted octanol–water partition coefficient (Wildman–Crippen LogP) is 2.70. The maximum atomic E-state index is 12.6. The summed E-state index contributed by atoms with van der Waals surface area (Å²) in [5.41, 5.74) is 2.15. The summed E-state index contributed by atoms with van der Waals surface area (Å²) in [6, 6.07) is 10.7. The number of nitrogens with zero attached hydrogens (tertiary/aromatic N) is 3. The second-order valence-corrected chi connectivity index (χ2v) is 7.28. The van der Waals surface area contributed by atoms with Crippen LogP contribution in [0.3, 0.4) is 0 Å². The van der Waals surface area contributed by atoms with Crippen molar-refractivity contribution in [2.75, 3.05) is 13.1 Å². The third kappa shape index (κ3) is 5.56. The number of aromatic nitrogens is 1. The van der Waals surface area contributed by atoms with Crippen LogP contribution in [-0.2, 0) is 20.8 Å². The number of hydrogen-bond acceptors (Lipinski definition) is 6. The summed E-state index contributed by atoms with van der Waals surface area (Å²) in [6.45, 7) is 8.17. The smallest absolute Gasteiger partial charge is 0.243 e. The van der Waals surface area contributed by atoms with Crippen molar-refractivity contribution >= 4 is 23.3 Å². The molecule has 1 saturated heterocycles. The van der Waals surface area contributed by atoms with Crippen molar-refractivity contribution in [2.45, 2.75) is 39.2 Å². The van der Waals surface area contributed by atoms with Crippen molar-refractivity contribution in [3.05, 3.63) is 60.0 Å². The van der Waals surface area contributed by atoms with Gasteiger partial charge in [-0.05, 0) is 26.7 Å². The average molecular weight is 410 g/mol. The Kier molecular flexibility index (Phi) is 7.00. The number of hydrogen-bond donors (Lipinski definition) is 1. The fourth-order valence-corrected chi connectivity index (χ4v) is 3.26. The molecule has 30 heavy (non-hydrogen) atoms. The van der Waals surface area contributed by atoms with Gasteiger partial charge in [0.15, 0.2) is 5.76 Å². The zero-order chi connectivity index (χ0) is 21.5. The highest BCUT2D eigenvalue weighted by molar-refractivity contribution is 5.92. The van der Waals surface area contributed by atoms with E-state index in [0.717, 1.165) is 17.7 Å². The van der Waals surface area contributed by atoms with Crippen molar-refractivity contribution < 1.29 is 18.9 Å². The lowest BCUT2D eigenvalue weighted by Crippen LogP contribution is -2.47. The van der Waals surface area contributed by atoms with E-state index in [4.69, 9.17) is 9.36 Å². The van der Waals surface area contributed by atoms with Crippen molar-refractivity contribution in [3.8, 4) is 0 Å². The van der Waals surface area contributed by atoms with Gasteiger partial charge in [0, 0.05) is 18.2 Å². The highest BCUT2D eigenvalue weighted by Gasteiger charge is 2.34. The van der Waals surface area contributed by atoms with Gasteiger partial charge in [0.05, 0.1) is 24.4 Å². The Morgan fingerprint density at radius 2 is 2.13 bits per heavy atom. The van der Waals surface area contributed by atoms with Gasteiger partial charge >= 0.3 is 0 Å². The van der Waals surface area contributed by atoms with Crippen LogP contribution in [0, 0.1) is 6.92 Å². The molecule has 8 nitrogen and oxygen atoms in total. The van der Waals surface area contributed by atoms with E-state index in [0.29, 0.717) is 30.2 Å². The second kappa shape index (κ2) is 9.87. The van der Waals surface area contributed by atoms with Crippen molar-refractivity contribution in [1.82, 2.24) is 15.4 Å². The molecule has 1 aromatic carbocycles. The Morgan fingerprint density at radius 3 is 2.83 bits per heavy atom. The third-order valence-electron chi connectivity index (χ3n) is 4.80. The number of oxime groups is 1. The maximum absolute atomic E-state index is 12.6. The first-order valence-corrected chi connectivity index (χ1v) is 9.88. The van der Waals surface area contributed by atoms with E-state index in [1.54, 1.807) is 24.8 Å². The van der Waals surface area contributed by atoms with Gasteiger partial charge in [0.1, 0.15) is 11.8 Å². The molecule has 1 aromatic heterocycles. The molecule has 2 heterocycles. The van der Waals surface area contributed by atoms with Crippen LogP contribution in [0.25, 0.3) is 5.76 Å². The second-order valence-electron chi connectivity index (χ2n) is 7.28. The molecule has 1 fully saturated rings. The first-order valence-electron chi connectivity index (χ1n) is 9.88. The van der Waals surface area contributed by atoms with E-state index < -0.39 is 6.04 Å². The summed E-state index contributed by atoms with van der Waals surface area (Å²) in [6.07, 6.45) is 1.51. The van der Waals surface area contributed by atoms with Crippen LogP contribution in [0.1, 0.15) is 36.8 Å². The van der Waals surface area contributed by atoms with Gasteiger partial charge in [-0.25, -0.2) is 0 Å². The summed E-state index contributed by atoms with van der Waals surface area (Å²) < 4.78 is 5.11. The lowest BCUT2D eigenvalue weighted by Gasteiger charge is -2.23. The fourth-order valence-electron chi connectivity index (χ4n) is 3.26. The molecule has 1 aliphatic heterocycles. The van der Waals surface area contributed by atoms with Crippen LogP contribution < -0.4 is 5.32 Å². The molecular weight excluding hydrogens is 384 g/mol. The van der Waals surface area contributed by atoms with Crippen LogP contribution in [0.15, 0.2) is 52.7 Å². The molecular formula is C22H26N4O4. The topological polar surface area (TPSA) is 97.0 Å². The van der Waals surface area contributed by atoms with Gasteiger partial charge in [0.2, 0.25) is 11.8 Å². The quantitative estimate of drug-likeness (QED) is 0.410. The number of amides is 2. The minimum Gasteiger partial charge on any atom is -0.361 e. The molecule has 1 N–H and O–H groups in total. The van der Waals surface area contributed by atoms with Crippen LogP contribution in [0.5, 0.6) is 0 Å². The number of aryl methyl sites for hydroxylation is 1. The van der Waals surface area contributed by atoms with E-state index in [1.807, 2.05) is 30.3 Å². The van der Waals surface area contributed by atoms with Gasteiger partial charge in [-0.1, -0.05) is 47.2 Å². The number of nitrogens with one attached hydrogen (secondary N) is 1. The van der Waals surface area contributed by atoms with Gasteiger partial charge in [-0.15, -0.1) is 0 Å². The van der Waals surface area contributed by atoms with Crippen molar-refractivity contribution in [1.29, 1.82) is 0 Å². The molecule has 0 saturated carbocycles. The summed E-state index contributed by atoms with van der Waals surface area (Å²) in [5, 5.41) is 10.6. The van der Waals surface area contributed by atoms with Crippen LogP contribution in [0.2, 0.25) is 0 Å². The SMILES string of the molecule is C=C(O/N=C(\C)CNC(=O)C1CCCN1C(=O)Cc1cc(C)no1)c1ccccc1. The molecule has 0 spiro atoms. The molecule has 0 bridgehead atoms. The van der Waals surface area contributed by atoms with E-state index in [2.05, 4.69) is 22.2 Å². The Labute approximate surface area is 175 Å². The first kappa shape index (κ1) is 21.3. The van der Waals surface area contributed by atoms with Crippen molar-refractivity contribution in [2.24, 2.45) is 5.16 Å². The van der Waals surface area contributed by atoms with Crippen LogP contribution >= 0.6 is 0 Å². The van der Waals surface area contributed by atoms with Gasteiger partial charge in [-0.2, -0.15) is 0 Å². The molecule has 1 unspecified atom stereocenters. The fraction of sp³-hybridized carbons (Fsp3) is 0.364. The predicted molar refractivity (Wildman–Crippen MR) is 112 cm³/mol. The monoisotopic (exact) mass is 410 g/mol. The third-order valence-corrected chi connectivity index (χ3v) is 4.80. The van der Waals surface area contributed by atoms with E-state index in [9.17, 15) is 9.59 Å². The zero-order valence-corrected chi connectivity index (χ0v) is 17.3. The molecule has 1 aliphatic rings. The highest BCUT2D eigenvalue weighted by atomic mass is 16.6. The summed E-state index contributed by atoms with van der Waals surface area (Å²) in [5.74, 6) is 0.585. The van der Waals surface area contributed by atoms with Gasteiger partial charge < -0.3 is 19.6 Å². The summed E-state index contributed by atoms with van der Waals surface area (Å²) in [7, 11) is 0. The van der Waals surface area contributed by atoms with Gasteiger partial charge in [0.25, 0.3) is 0 Å². The molecule has 2 aromatic rings. The maximum Gasteiger partial charge on any atom is 0.243 e. The lowest BCUT2D eigenvalue weighted by molar-refractivity contribution is -0.138. The number of benzene rings is 1. The minimum absolute atomic E-state index is 0.0978. The lowest BCUT2D eigenvalue weighted by atomic mass is 10.2. The highest BCUT2D eigenvalue weighted by Crippen LogP contribution is 2.19. The van der Waals surface area contributed by atoms with Crippen LogP contribution in [-0.4, -0.2) is 46.7 Å². The first-order chi connectivity index (χ1) is 14.4. The number of rotatable bonds is 8. The summed E-state index contributed by atoms with van der Waals surface area (Å²) in [4.78, 5) is 32.2. The number of carbonyl (C=O) groups excluding carboxylic acids is 2. The minimum atomic E-state index is -0.491. The average Bonchev–Trinajstić information content (AvgIpc) is 3.40. The summed E-state index contributed by atoms with van der Waals surface area (Å²) >= 11 is 0. The van der Waals surface area contributed by atoms with E-state index >= 15 is 0 Å². The number of carbonyl (C=O) groups is 2. The molecule has 1 atom stereocenters. The molecule has 0 aliphatic carbocycles. The Morgan fingerprint density at radius 1 is 1.37 bits per heavy atom. The Hall–Kier alpha value is -3.42. The molecule has 158 valence electrons. The Balaban J connectivity index is 1.49. The molecule has 8 heteroatoms. The molecule has 3 rings (SSSR count). The normalized spacial score (nSPS) is 16.4. The van der Waals surface area contributed by atoms with Gasteiger partial charge in [-0.3, -0.25) is 9.59 Å². The number of likely N-dealkylation sites (tertiary alicyclic amines) is 1.